The Morgan fingerprint density at radius 2 is 2.10 bits per heavy atom. The van der Waals surface area contributed by atoms with E-state index in [0.29, 0.717) is 19.4 Å². The van der Waals surface area contributed by atoms with Gasteiger partial charge in [-0.05, 0) is 42.2 Å². The Balaban J connectivity index is 1.20. The summed E-state index contributed by atoms with van der Waals surface area (Å²) in [7, 11) is 0. The van der Waals surface area contributed by atoms with Crippen LogP contribution in [0.3, 0.4) is 0 Å². The van der Waals surface area contributed by atoms with Crippen LogP contribution in [0.5, 0.6) is 0 Å². The number of hydrogen-bond donors (Lipinski definition) is 3. The highest BCUT2D eigenvalue weighted by Crippen LogP contribution is 2.18. The largest absolute Gasteiger partial charge is 0.390 e. The van der Waals surface area contributed by atoms with Crippen molar-refractivity contribution in [3.63, 3.8) is 0 Å². The fourth-order valence-electron chi connectivity index (χ4n) is 3.92. The Labute approximate surface area is 171 Å². The van der Waals surface area contributed by atoms with Crippen molar-refractivity contribution >= 4 is 16.9 Å². The predicted octanol–water partition coefficient (Wildman–Crippen LogP) is 2.34. The molecule has 0 aliphatic carbocycles. The van der Waals surface area contributed by atoms with Crippen LogP contribution in [-0.2, 0) is 24.2 Å². The molecule has 1 amide bonds. The van der Waals surface area contributed by atoms with Crippen molar-refractivity contribution in [3.05, 3.63) is 65.0 Å². The number of hydrogen-bond acceptors (Lipinski definition) is 4. The van der Waals surface area contributed by atoms with Gasteiger partial charge in [0.15, 0.2) is 0 Å². The van der Waals surface area contributed by atoms with Crippen LogP contribution in [0, 0.1) is 6.92 Å². The highest BCUT2D eigenvalue weighted by Gasteiger charge is 2.18. The van der Waals surface area contributed by atoms with Crippen LogP contribution in [0.4, 0.5) is 0 Å². The molecule has 3 N–H and O–H groups in total. The molecule has 1 aromatic heterocycles. The lowest BCUT2D eigenvalue weighted by Gasteiger charge is -2.30. The van der Waals surface area contributed by atoms with Crippen molar-refractivity contribution in [2.75, 3.05) is 19.6 Å². The van der Waals surface area contributed by atoms with Gasteiger partial charge in [-0.15, -0.1) is 0 Å². The van der Waals surface area contributed by atoms with Crippen LogP contribution >= 0.6 is 0 Å². The Bertz CT molecular complexity index is 997. The number of aliphatic hydroxyl groups excluding tert-OH is 1. The average Bonchev–Trinajstić information content (AvgIpc) is 3.12. The van der Waals surface area contributed by atoms with E-state index in [1.807, 2.05) is 19.1 Å². The summed E-state index contributed by atoms with van der Waals surface area (Å²) >= 11 is 0. The molecule has 1 aliphatic heterocycles. The van der Waals surface area contributed by atoms with Gasteiger partial charge in [-0.3, -0.25) is 9.69 Å². The van der Waals surface area contributed by atoms with Crippen molar-refractivity contribution in [2.24, 2.45) is 0 Å². The lowest BCUT2D eigenvalue weighted by Crippen LogP contribution is -2.42. The fraction of sp³-hybridized carbons (Fsp3) is 0.391. The highest BCUT2D eigenvalue weighted by atomic mass is 16.3. The number of aromatic nitrogens is 2. The molecule has 6 nitrogen and oxygen atoms in total. The van der Waals surface area contributed by atoms with E-state index < -0.39 is 6.10 Å². The Hall–Kier alpha value is -2.70. The number of aliphatic hydroxyl groups is 1. The molecule has 2 heterocycles. The highest BCUT2D eigenvalue weighted by molar-refractivity contribution is 5.77. The van der Waals surface area contributed by atoms with Gasteiger partial charge in [0.2, 0.25) is 5.91 Å². The summed E-state index contributed by atoms with van der Waals surface area (Å²) in [6.45, 7) is 4.68. The number of nitrogens with zero attached hydrogens (tertiary/aromatic N) is 2. The summed E-state index contributed by atoms with van der Waals surface area (Å²) in [6, 6.07) is 14.5. The van der Waals surface area contributed by atoms with Crippen molar-refractivity contribution in [1.29, 1.82) is 0 Å². The first-order chi connectivity index (χ1) is 14.1. The number of β-amino-alcohol motifs (C(OH)–C–C–N with tert-alkyl or cyclic N) is 1. The topological polar surface area (TPSA) is 81.2 Å². The van der Waals surface area contributed by atoms with E-state index in [4.69, 9.17) is 0 Å². The number of imidazole rings is 1. The first-order valence-electron chi connectivity index (χ1n) is 10.3. The monoisotopic (exact) mass is 392 g/mol. The molecule has 6 heteroatoms. The van der Waals surface area contributed by atoms with Gasteiger partial charge in [0, 0.05) is 39.0 Å². The van der Waals surface area contributed by atoms with E-state index in [1.54, 1.807) is 0 Å². The fourth-order valence-corrected chi connectivity index (χ4v) is 3.92. The van der Waals surface area contributed by atoms with E-state index in [-0.39, 0.29) is 12.5 Å². The maximum Gasteiger partial charge on any atom is 0.220 e. The van der Waals surface area contributed by atoms with Crippen LogP contribution in [-0.4, -0.2) is 51.6 Å². The van der Waals surface area contributed by atoms with Gasteiger partial charge < -0.3 is 15.4 Å². The molecule has 0 spiro atoms. The molecule has 4 rings (SSSR count). The summed E-state index contributed by atoms with van der Waals surface area (Å²) in [5.74, 6) is 0.748. The molecule has 0 fully saturated rings. The standard InChI is InChI=1S/C23H28N4O2/c1-16-6-7-20-21(12-16)26-22(25-20)8-9-23(29)24-13-19(28)15-27-11-10-17-4-2-3-5-18(17)14-27/h2-7,12,19,28H,8-11,13-15H2,1H3,(H,24,29)(H,25,26)/t19-/m0/s1. The number of aryl methyl sites for hydroxylation is 2. The number of amides is 1. The second-order valence-electron chi connectivity index (χ2n) is 7.92. The third kappa shape index (κ3) is 5.02. The molecule has 0 saturated heterocycles. The Morgan fingerprint density at radius 1 is 1.28 bits per heavy atom. The number of aromatic amines is 1. The molecule has 29 heavy (non-hydrogen) atoms. The number of fused-ring (bicyclic) bond motifs is 2. The van der Waals surface area contributed by atoms with E-state index >= 15 is 0 Å². The van der Waals surface area contributed by atoms with Gasteiger partial charge >= 0.3 is 0 Å². The molecule has 0 unspecified atom stereocenters. The number of benzene rings is 2. The molecule has 0 saturated carbocycles. The third-order valence-corrected chi connectivity index (χ3v) is 5.49. The average molecular weight is 393 g/mol. The van der Waals surface area contributed by atoms with E-state index in [9.17, 15) is 9.90 Å². The smallest absolute Gasteiger partial charge is 0.220 e. The number of carbonyl (C=O) groups excluding carboxylic acids is 1. The Kier molecular flexibility index (Phi) is 5.92. The summed E-state index contributed by atoms with van der Waals surface area (Å²) in [5, 5.41) is 13.2. The normalized spacial score (nSPS) is 15.2. The minimum Gasteiger partial charge on any atom is -0.390 e. The third-order valence-electron chi connectivity index (χ3n) is 5.49. The minimum atomic E-state index is -0.571. The SMILES string of the molecule is Cc1ccc2nc(CCC(=O)NC[C@H](O)CN3CCc4ccccc4C3)[nH]c2c1. The van der Waals surface area contributed by atoms with Crippen LogP contribution < -0.4 is 5.32 Å². The quantitative estimate of drug-likeness (QED) is 0.577. The maximum absolute atomic E-state index is 12.2. The Morgan fingerprint density at radius 3 is 2.97 bits per heavy atom. The summed E-state index contributed by atoms with van der Waals surface area (Å²) in [4.78, 5) is 22.2. The van der Waals surface area contributed by atoms with Crippen LogP contribution in [0.1, 0.15) is 28.9 Å². The lowest BCUT2D eigenvalue weighted by molar-refractivity contribution is -0.121. The number of rotatable bonds is 7. The van der Waals surface area contributed by atoms with Crippen LogP contribution in [0.15, 0.2) is 42.5 Å². The van der Waals surface area contributed by atoms with Gasteiger partial charge in [0.1, 0.15) is 5.82 Å². The van der Waals surface area contributed by atoms with Gasteiger partial charge in [0.05, 0.1) is 17.1 Å². The predicted molar refractivity (Wildman–Crippen MR) is 114 cm³/mol. The van der Waals surface area contributed by atoms with Crippen LogP contribution in [0.2, 0.25) is 0 Å². The molecular weight excluding hydrogens is 364 g/mol. The summed E-state index contributed by atoms with van der Waals surface area (Å²) < 4.78 is 0. The van der Waals surface area contributed by atoms with Crippen LogP contribution in [0.25, 0.3) is 11.0 Å². The lowest BCUT2D eigenvalue weighted by atomic mass is 10.00. The second kappa shape index (κ2) is 8.76. The molecule has 0 bridgehead atoms. The summed E-state index contributed by atoms with van der Waals surface area (Å²) in [5.41, 5.74) is 5.82. The zero-order valence-electron chi connectivity index (χ0n) is 16.8. The first kappa shape index (κ1) is 19.6. The zero-order chi connectivity index (χ0) is 20.2. The maximum atomic E-state index is 12.2. The summed E-state index contributed by atoms with van der Waals surface area (Å²) in [6.07, 6.45) is 1.34. The van der Waals surface area contributed by atoms with Gasteiger partial charge in [0.25, 0.3) is 0 Å². The molecule has 3 aromatic rings. The first-order valence-corrected chi connectivity index (χ1v) is 10.3. The molecule has 0 radical (unpaired) electrons. The van der Waals surface area contributed by atoms with Crippen molar-refractivity contribution < 1.29 is 9.90 Å². The van der Waals surface area contributed by atoms with Crippen molar-refractivity contribution in [2.45, 2.75) is 38.8 Å². The number of carbonyl (C=O) groups is 1. The van der Waals surface area contributed by atoms with Crippen molar-refractivity contribution in [1.82, 2.24) is 20.2 Å². The minimum absolute atomic E-state index is 0.0651. The molecular formula is C23H28N4O2. The van der Waals surface area contributed by atoms with Crippen molar-refractivity contribution in [3.8, 4) is 0 Å². The number of nitrogens with one attached hydrogen (secondary N) is 2. The zero-order valence-corrected chi connectivity index (χ0v) is 16.8. The van der Waals surface area contributed by atoms with E-state index in [0.717, 1.165) is 36.4 Å². The molecule has 1 atom stereocenters. The van der Waals surface area contributed by atoms with E-state index in [2.05, 4.69) is 50.5 Å². The van der Waals surface area contributed by atoms with Gasteiger partial charge in [-0.1, -0.05) is 30.3 Å². The molecule has 152 valence electrons. The second-order valence-corrected chi connectivity index (χ2v) is 7.92. The molecule has 1 aliphatic rings. The van der Waals surface area contributed by atoms with Gasteiger partial charge in [-0.25, -0.2) is 4.98 Å². The molecule has 2 aromatic carbocycles. The van der Waals surface area contributed by atoms with Gasteiger partial charge in [-0.2, -0.15) is 0 Å². The van der Waals surface area contributed by atoms with E-state index in [1.165, 1.54) is 16.7 Å². The number of H-pyrrole nitrogens is 1.